The van der Waals surface area contributed by atoms with Gasteiger partial charge in [0.15, 0.2) is 0 Å². The number of aromatic nitrogens is 2. The predicted octanol–water partition coefficient (Wildman–Crippen LogP) is 4.29. The van der Waals surface area contributed by atoms with Gasteiger partial charge in [-0.15, -0.1) is 12.4 Å². The standard InChI is InChI=1S/C29H37ClN6O3.ClH/c1-18(2)31-10-11-36(17-28(38)35(5)25-13-21-8-9-24(30)12-23(21)14-25)27(37)16-32-26-15-22(7-6-19(26)3)29-33-20(4)39-34-29;/h6-9,12,15,18,25,31-32H,10-11,13-14,16-17H2,1-5H3;1H. The average molecular weight is 590 g/mol. The first-order valence-corrected chi connectivity index (χ1v) is 13.7. The van der Waals surface area contributed by atoms with Crippen LogP contribution in [0.15, 0.2) is 40.9 Å². The molecule has 0 bridgehead atoms. The highest BCUT2D eigenvalue weighted by Gasteiger charge is 2.29. The number of aryl methyl sites for hydroxylation is 2. The second-order valence-electron chi connectivity index (χ2n) is 10.4. The maximum absolute atomic E-state index is 13.4. The number of anilines is 1. The Morgan fingerprint density at radius 3 is 2.55 bits per heavy atom. The SMILES string of the molecule is Cc1nc(-c2ccc(C)c(NCC(=O)N(CCNC(C)C)CC(=O)N(C)C3Cc4ccc(Cl)cc4C3)c2)no1.Cl. The minimum absolute atomic E-state index is 0. The van der Waals surface area contributed by atoms with Crippen molar-refractivity contribution in [3.8, 4) is 11.4 Å². The Hall–Kier alpha value is -3.14. The van der Waals surface area contributed by atoms with Crippen molar-refractivity contribution in [1.29, 1.82) is 0 Å². The first-order valence-electron chi connectivity index (χ1n) is 13.3. The second-order valence-corrected chi connectivity index (χ2v) is 10.9. The maximum atomic E-state index is 13.4. The molecule has 9 nitrogen and oxygen atoms in total. The Morgan fingerprint density at radius 2 is 1.85 bits per heavy atom. The van der Waals surface area contributed by atoms with E-state index in [2.05, 4.69) is 34.6 Å². The number of carbonyl (C=O) groups is 2. The molecule has 11 heteroatoms. The van der Waals surface area contributed by atoms with Crippen LogP contribution in [-0.4, -0.2) is 77.1 Å². The normalized spacial score (nSPS) is 14.0. The van der Waals surface area contributed by atoms with Crippen molar-refractivity contribution in [2.45, 2.75) is 52.6 Å². The van der Waals surface area contributed by atoms with Gasteiger partial charge in [-0.3, -0.25) is 9.59 Å². The number of hydrogen-bond acceptors (Lipinski definition) is 7. The summed E-state index contributed by atoms with van der Waals surface area (Å²) >= 11 is 6.17. The van der Waals surface area contributed by atoms with Crippen LogP contribution in [0.1, 0.15) is 36.4 Å². The Labute approximate surface area is 247 Å². The first-order chi connectivity index (χ1) is 18.6. The number of nitrogens with one attached hydrogen (secondary N) is 2. The quantitative estimate of drug-likeness (QED) is 0.344. The van der Waals surface area contributed by atoms with Crippen LogP contribution in [0.2, 0.25) is 5.02 Å². The molecule has 0 saturated carbocycles. The summed E-state index contributed by atoms with van der Waals surface area (Å²) in [6, 6.07) is 12.0. The fourth-order valence-electron chi connectivity index (χ4n) is 4.75. The van der Waals surface area contributed by atoms with E-state index in [9.17, 15) is 9.59 Å². The van der Waals surface area contributed by atoms with Gasteiger partial charge in [0.05, 0.1) is 13.1 Å². The molecular weight excluding hydrogens is 551 g/mol. The van der Waals surface area contributed by atoms with Crippen LogP contribution in [0.5, 0.6) is 0 Å². The number of nitrogens with zero attached hydrogens (tertiary/aromatic N) is 4. The molecule has 4 rings (SSSR count). The Kier molecular flexibility index (Phi) is 11.0. The molecule has 0 fully saturated rings. The predicted molar refractivity (Wildman–Crippen MR) is 160 cm³/mol. The van der Waals surface area contributed by atoms with E-state index >= 15 is 0 Å². The van der Waals surface area contributed by atoms with Crippen molar-refractivity contribution >= 4 is 41.5 Å². The number of likely N-dealkylation sites (N-methyl/N-ethyl adjacent to an activating group) is 1. The minimum Gasteiger partial charge on any atom is -0.376 e. The van der Waals surface area contributed by atoms with E-state index in [0.29, 0.717) is 29.8 Å². The topological polar surface area (TPSA) is 104 Å². The summed E-state index contributed by atoms with van der Waals surface area (Å²) in [6.45, 7) is 8.92. The average Bonchev–Trinajstić information content (AvgIpc) is 3.52. The molecule has 3 aromatic rings. The van der Waals surface area contributed by atoms with Gasteiger partial charge >= 0.3 is 0 Å². The Morgan fingerprint density at radius 1 is 1.10 bits per heavy atom. The number of benzene rings is 2. The van der Waals surface area contributed by atoms with Crippen LogP contribution in [0.3, 0.4) is 0 Å². The zero-order valence-corrected chi connectivity index (χ0v) is 25.2. The molecule has 2 amide bonds. The Bertz CT molecular complexity index is 1330. The summed E-state index contributed by atoms with van der Waals surface area (Å²) < 4.78 is 5.10. The molecule has 2 N–H and O–H groups in total. The lowest BCUT2D eigenvalue weighted by atomic mass is 10.1. The van der Waals surface area contributed by atoms with Gasteiger partial charge in [-0.2, -0.15) is 4.98 Å². The van der Waals surface area contributed by atoms with Crippen molar-refractivity contribution < 1.29 is 14.1 Å². The van der Waals surface area contributed by atoms with Gasteiger partial charge in [-0.1, -0.05) is 48.8 Å². The largest absolute Gasteiger partial charge is 0.376 e. The number of halogens is 2. The van der Waals surface area contributed by atoms with Crippen molar-refractivity contribution in [3.05, 3.63) is 64.0 Å². The molecule has 0 radical (unpaired) electrons. The van der Waals surface area contributed by atoms with E-state index in [0.717, 1.165) is 29.7 Å². The van der Waals surface area contributed by atoms with Gasteiger partial charge in [0, 0.05) is 55.4 Å². The third-order valence-corrected chi connectivity index (χ3v) is 7.32. The number of carbonyl (C=O) groups excluding carboxylic acids is 2. The van der Waals surface area contributed by atoms with Gasteiger partial charge in [-0.25, -0.2) is 0 Å². The number of fused-ring (bicyclic) bond motifs is 1. The van der Waals surface area contributed by atoms with Crippen LogP contribution >= 0.6 is 24.0 Å². The first kappa shape index (κ1) is 31.4. The van der Waals surface area contributed by atoms with E-state index < -0.39 is 0 Å². The lowest BCUT2D eigenvalue weighted by molar-refractivity contribution is -0.140. The van der Waals surface area contributed by atoms with Crippen LogP contribution in [0.25, 0.3) is 11.4 Å². The second kappa shape index (κ2) is 14.0. The summed E-state index contributed by atoms with van der Waals surface area (Å²) in [6.07, 6.45) is 1.55. The molecule has 1 heterocycles. The van der Waals surface area contributed by atoms with Crippen molar-refractivity contribution in [1.82, 2.24) is 25.3 Å². The van der Waals surface area contributed by atoms with E-state index in [1.54, 1.807) is 16.7 Å². The van der Waals surface area contributed by atoms with Gasteiger partial charge in [0.1, 0.15) is 0 Å². The summed E-state index contributed by atoms with van der Waals surface area (Å²) in [7, 11) is 1.82. The molecule has 1 atom stereocenters. The van der Waals surface area contributed by atoms with E-state index in [1.165, 1.54) is 11.1 Å². The third-order valence-electron chi connectivity index (χ3n) is 7.09. The molecule has 0 saturated heterocycles. The molecule has 2 aromatic carbocycles. The van der Waals surface area contributed by atoms with Gasteiger partial charge in [0.2, 0.25) is 23.5 Å². The lowest BCUT2D eigenvalue weighted by Gasteiger charge is -2.29. The highest BCUT2D eigenvalue weighted by molar-refractivity contribution is 6.30. The smallest absolute Gasteiger partial charge is 0.242 e. The van der Waals surface area contributed by atoms with Crippen molar-refractivity contribution in [2.75, 3.05) is 38.5 Å². The van der Waals surface area contributed by atoms with Crippen molar-refractivity contribution in [2.24, 2.45) is 0 Å². The Balaban J connectivity index is 0.00000441. The lowest BCUT2D eigenvalue weighted by Crippen LogP contribution is -2.48. The van der Waals surface area contributed by atoms with Gasteiger partial charge < -0.3 is 25.0 Å². The van der Waals surface area contributed by atoms with Crippen LogP contribution in [0.4, 0.5) is 5.69 Å². The third kappa shape index (κ3) is 7.96. The minimum atomic E-state index is -0.149. The molecule has 0 aliphatic heterocycles. The molecule has 0 spiro atoms. The summed E-state index contributed by atoms with van der Waals surface area (Å²) in [4.78, 5) is 34.4. The van der Waals surface area contributed by atoms with Crippen LogP contribution in [-0.2, 0) is 22.4 Å². The zero-order valence-electron chi connectivity index (χ0n) is 23.7. The summed E-state index contributed by atoms with van der Waals surface area (Å²) in [5.41, 5.74) is 4.97. The molecule has 1 unspecified atom stereocenters. The molecule has 40 heavy (non-hydrogen) atoms. The fraction of sp³-hybridized carbons (Fsp3) is 0.448. The summed E-state index contributed by atoms with van der Waals surface area (Å²) in [5.74, 6) is 0.750. The molecule has 1 aliphatic rings. The van der Waals surface area contributed by atoms with Gasteiger partial charge in [-0.05, 0) is 54.7 Å². The highest BCUT2D eigenvalue weighted by Crippen LogP contribution is 2.28. The molecule has 216 valence electrons. The summed E-state index contributed by atoms with van der Waals surface area (Å²) in [5, 5.41) is 11.3. The zero-order chi connectivity index (χ0) is 28.1. The van der Waals surface area contributed by atoms with E-state index in [4.69, 9.17) is 16.1 Å². The highest BCUT2D eigenvalue weighted by atomic mass is 35.5. The van der Waals surface area contributed by atoms with Crippen LogP contribution in [0, 0.1) is 13.8 Å². The maximum Gasteiger partial charge on any atom is 0.242 e. The molecular formula is C29H38Cl2N6O3. The van der Waals surface area contributed by atoms with E-state index in [1.807, 2.05) is 50.4 Å². The van der Waals surface area contributed by atoms with Gasteiger partial charge in [0.25, 0.3) is 0 Å². The number of hydrogen-bond donors (Lipinski definition) is 2. The van der Waals surface area contributed by atoms with E-state index in [-0.39, 0.29) is 49.4 Å². The number of amides is 2. The fourth-order valence-corrected chi connectivity index (χ4v) is 4.94. The van der Waals surface area contributed by atoms with Crippen LogP contribution < -0.4 is 10.6 Å². The monoisotopic (exact) mass is 588 g/mol. The van der Waals surface area contributed by atoms with Crippen molar-refractivity contribution in [3.63, 3.8) is 0 Å². The molecule has 1 aromatic heterocycles. The molecule has 1 aliphatic carbocycles. The number of rotatable bonds is 11.